The molecule has 0 bridgehead atoms. The summed E-state index contributed by atoms with van der Waals surface area (Å²) in [5, 5.41) is 3.65. The minimum absolute atomic E-state index is 0.442. The Hall–Kier alpha value is -0.860. The van der Waals surface area contributed by atoms with Gasteiger partial charge in [0.1, 0.15) is 0 Å². The SMILES string of the molecule is CCc1ccccc1CN1CCNCC12CCCCC2. The van der Waals surface area contributed by atoms with Crippen LogP contribution in [0.4, 0.5) is 0 Å². The summed E-state index contributed by atoms with van der Waals surface area (Å²) in [5.74, 6) is 0. The van der Waals surface area contributed by atoms with E-state index in [0.29, 0.717) is 5.54 Å². The lowest BCUT2D eigenvalue weighted by Gasteiger charge is -2.50. The Kier molecular flexibility index (Phi) is 4.42. The molecule has 0 amide bonds. The van der Waals surface area contributed by atoms with Gasteiger partial charge in [-0.2, -0.15) is 0 Å². The van der Waals surface area contributed by atoms with E-state index < -0.39 is 0 Å². The fraction of sp³-hybridized carbons (Fsp3) is 0.667. The number of rotatable bonds is 3. The molecule has 0 unspecified atom stereocenters. The predicted molar refractivity (Wildman–Crippen MR) is 84.9 cm³/mol. The van der Waals surface area contributed by atoms with E-state index >= 15 is 0 Å². The number of nitrogens with zero attached hydrogens (tertiary/aromatic N) is 1. The molecular weight excluding hydrogens is 244 g/mol. The van der Waals surface area contributed by atoms with Gasteiger partial charge >= 0.3 is 0 Å². The van der Waals surface area contributed by atoms with Crippen molar-refractivity contribution in [1.29, 1.82) is 0 Å². The van der Waals surface area contributed by atoms with Crippen molar-refractivity contribution >= 4 is 0 Å². The second-order valence-corrected chi connectivity index (χ2v) is 6.51. The summed E-state index contributed by atoms with van der Waals surface area (Å²) in [6, 6.07) is 9.00. The van der Waals surface area contributed by atoms with Crippen LogP contribution in [-0.2, 0) is 13.0 Å². The van der Waals surface area contributed by atoms with Gasteiger partial charge in [0.15, 0.2) is 0 Å². The summed E-state index contributed by atoms with van der Waals surface area (Å²) in [5.41, 5.74) is 3.51. The Bertz CT molecular complexity index is 427. The molecular formula is C18H28N2. The highest BCUT2D eigenvalue weighted by atomic mass is 15.3. The molecule has 1 saturated carbocycles. The fourth-order valence-corrected chi connectivity index (χ4v) is 4.10. The summed E-state index contributed by atoms with van der Waals surface area (Å²) in [7, 11) is 0. The Morgan fingerprint density at radius 2 is 1.85 bits per heavy atom. The highest BCUT2D eigenvalue weighted by molar-refractivity contribution is 5.27. The number of aryl methyl sites for hydroxylation is 1. The quantitative estimate of drug-likeness (QED) is 0.907. The smallest absolute Gasteiger partial charge is 0.0338 e. The van der Waals surface area contributed by atoms with E-state index in [9.17, 15) is 0 Å². The van der Waals surface area contributed by atoms with Gasteiger partial charge in [0, 0.05) is 31.7 Å². The first kappa shape index (κ1) is 14.1. The molecule has 0 atom stereocenters. The van der Waals surface area contributed by atoms with Crippen molar-refractivity contribution in [3.05, 3.63) is 35.4 Å². The molecule has 1 spiro atoms. The minimum atomic E-state index is 0.442. The Morgan fingerprint density at radius 3 is 2.60 bits per heavy atom. The largest absolute Gasteiger partial charge is 0.314 e. The maximum absolute atomic E-state index is 3.65. The molecule has 1 N–H and O–H groups in total. The van der Waals surface area contributed by atoms with Crippen LogP contribution in [0.1, 0.15) is 50.2 Å². The lowest BCUT2D eigenvalue weighted by atomic mass is 9.78. The lowest BCUT2D eigenvalue weighted by molar-refractivity contribution is 0.0207. The third-order valence-corrected chi connectivity index (χ3v) is 5.33. The molecule has 110 valence electrons. The standard InChI is InChI=1S/C18H28N2/c1-2-16-8-4-5-9-17(16)14-20-13-12-19-15-18(20)10-6-3-7-11-18/h4-5,8-9,19H,2-3,6-7,10-15H2,1H3. The maximum atomic E-state index is 3.65. The maximum Gasteiger partial charge on any atom is 0.0338 e. The van der Waals surface area contributed by atoms with E-state index in [1.807, 2.05) is 0 Å². The molecule has 2 fully saturated rings. The molecule has 0 radical (unpaired) electrons. The van der Waals surface area contributed by atoms with E-state index in [2.05, 4.69) is 41.4 Å². The molecule has 1 saturated heterocycles. The van der Waals surface area contributed by atoms with Gasteiger partial charge in [0.05, 0.1) is 0 Å². The van der Waals surface area contributed by atoms with Crippen LogP contribution in [0.2, 0.25) is 0 Å². The van der Waals surface area contributed by atoms with Crippen molar-refractivity contribution in [2.24, 2.45) is 0 Å². The number of benzene rings is 1. The minimum Gasteiger partial charge on any atom is -0.314 e. The van der Waals surface area contributed by atoms with Crippen molar-refractivity contribution in [3.63, 3.8) is 0 Å². The molecule has 0 aromatic heterocycles. The van der Waals surface area contributed by atoms with Gasteiger partial charge in [-0.1, -0.05) is 50.5 Å². The first-order valence-electron chi connectivity index (χ1n) is 8.37. The Morgan fingerprint density at radius 1 is 1.10 bits per heavy atom. The molecule has 1 aliphatic heterocycles. The van der Waals surface area contributed by atoms with E-state index in [-0.39, 0.29) is 0 Å². The number of hydrogen-bond donors (Lipinski definition) is 1. The van der Waals surface area contributed by atoms with Crippen molar-refractivity contribution < 1.29 is 0 Å². The van der Waals surface area contributed by atoms with Crippen LogP contribution in [-0.4, -0.2) is 30.1 Å². The van der Waals surface area contributed by atoms with Gasteiger partial charge in [-0.15, -0.1) is 0 Å². The summed E-state index contributed by atoms with van der Waals surface area (Å²) >= 11 is 0. The van der Waals surface area contributed by atoms with Gasteiger partial charge in [-0.3, -0.25) is 4.90 Å². The molecule has 1 aliphatic carbocycles. The summed E-state index contributed by atoms with van der Waals surface area (Å²) < 4.78 is 0. The molecule has 2 aliphatic rings. The van der Waals surface area contributed by atoms with Gasteiger partial charge < -0.3 is 5.32 Å². The number of piperazine rings is 1. The van der Waals surface area contributed by atoms with Crippen LogP contribution in [0, 0.1) is 0 Å². The second kappa shape index (κ2) is 6.28. The van der Waals surface area contributed by atoms with E-state index in [0.717, 1.165) is 19.5 Å². The van der Waals surface area contributed by atoms with Crippen molar-refractivity contribution in [2.45, 2.75) is 57.5 Å². The topological polar surface area (TPSA) is 15.3 Å². The zero-order valence-electron chi connectivity index (χ0n) is 12.8. The normalized spacial score (nSPS) is 23.1. The number of hydrogen-bond acceptors (Lipinski definition) is 2. The molecule has 1 aromatic rings. The van der Waals surface area contributed by atoms with Crippen molar-refractivity contribution in [1.82, 2.24) is 10.2 Å². The third-order valence-electron chi connectivity index (χ3n) is 5.33. The van der Waals surface area contributed by atoms with Crippen LogP contribution in [0.5, 0.6) is 0 Å². The molecule has 2 nitrogen and oxygen atoms in total. The highest BCUT2D eigenvalue weighted by Crippen LogP contribution is 2.35. The zero-order valence-corrected chi connectivity index (χ0v) is 12.8. The van der Waals surface area contributed by atoms with E-state index in [1.165, 1.54) is 50.8 Å². The Labute approximate surface area is 123 Å². The van der Waals surface area contributed by atoms with Crippen molar-refractivity contribution in [3.8, 4) is 0 Å². The second-order valence-electron chi connectivity index (χ2n) is 6.51. The van der Waals surface area contributed by atoms with Crippen molar-refractivity contribution in [2.75, 3.05) is 19.6 Å². The molecule has 2 heteroatoms. The van der Waals surface area contributed by atoms with Crippen LogP contribution in [0.3, 0.4) is 0 Å². The average molecular weight is 272 g/mol. The van der Waals surface area contributed by atoms with E-state index in [4.69, 9.17) is 0 Å². The Balaban J connectivity index is 1.80. The van der Waals surface area contributed by atoms with Gasteiger partial charge in [0.25, 0.3) is 0 Å². The third kappa shape index (κ3) is 2.77. The average Bonchev–Trinajstić information content (AvgIpc) is 2.51. The first-order valence-corrected chi connectivity index (χ1v) is 8.37. The van der Waals surface area contributed by atoms with Crippen LogP contribution in [0.15, 0.2) is 24.3 Å². The molecule has 3 rings (SSSR count). The molecule has 1 heterocycles. The number of nitrogens with one attached hydrogen (secondary N) is 1. The lowest BCUT2D eigenvalue weighted by Crippen LogP contribution is -2.61. The highest BCUT2D eigenvalue weighted by Gasteiger charge is 2.39. The van der Waals surface area contributed by atoms with Gasteiger partial charge in [-0.25, -0.2) is 0 Å². The monoisotopic (exact) mass is 272 g/mol. The van der Waals surface area contributed by atoms with Crippen LogP contribution in [0.25, 0.3) is 0 Å². The zero-order chi connectivity index (χ0) is 13.8. The first-order chi connectivity index (χ1) is 9.84. The van der Waals surface area contributed by atoms with E-state index in [1.54, 1.807) is 5.56 Å². The predicted octanol–water partition coefficient (Wildman–Crippen LogP) is 3.36. The summed E-state index contributed by atoms with van der Waals surface area (Å²) in [4.78, 5) is 2.79. The van der Waals surface area contributed by atoms with Gasteiger partial charge in [-0.05, 0) is 30.4 Å². The molecule has 20 heavy (non-hydrogen) atoms. The summed E-state index contributed by atoms with van der Waals surface area (Å²) in [6.07, 6.45) is 8.17. The fourth-order valence-electron chi connectivity index (χ4n) is 4.10. The van der Waals surface area contributed by atoms with Crippen LogP contribution < -0.4 is 5.32 Å². The molecule has 1 aromatic carbocycles. The van der Waals surface area contributed by atoms with Gasteiger partial charge in [0.2, 0.25) is 0 Å². The van der Waals surface area contributed by atoms with Crippen LogP contribution >= 0.6 is 0 Å². The summed E-state index contributed by atoms with van der Waals surface area (Å²) in [6.45, 7) is 6.97.